The largest absolute Gasteiger partial charge is 0.0985 e. The Morgan fingerprint density at radius 1 is 1.13 bits per heavy atom. The fraction of sp³-hybridized carbons (Fsp3) is 0.467. The predicted molar refractivity (Wildman–Crippen MR) is 69.2 cm³/mol. The Bertz CT molecular complexity index is 332. The SMILES string of the molecule is C=Cc1cc(CC(C)C)cc(C(C)C)c1. The van der Waals surface area contributed by atoms with Gasteiger partial charge in [0.1, 0.15) is 0 Å². The number of rotatable bonds is 4. The molecule has 0 atom stereocenters. The van der Waals surface area contributed by atoms with Crippen molar-refractivity contribution in [3.8, 4) is 0 Å². The summed E-state index contributed by atoms with van der Waals surface area (Å²) in [4.78, 5) is 0. The fourth-order valence-corrected chi connectivity index (χ4v) is 1.79. The molecule has 0 aliphatic carbocycles. The molecule has 1 aromatic rings. The van der Waals surface area contributed by atoms with Gasteiger partial charge in [-0.1, -0.05) is 58.5 Å². The van der Waals surface area contributed by atoms with Crippen molar-refractivity contribution < 1.29 is 0 Å². The van der Waals surface area contributed by atoms with Gasteiger partial charge in [0.05, 0.1) is 0 Å². The molecule has 1 aromatic carbocycles. The van der Waals surface area contributed by atoms with Crippen molar-refractivity contribution in [1.82, 2.24) is 0 Å². The highest BCUT2D eigenvalue weighted by molar-refractivity contribution is 5.50. The van der Waals surface area contributed by atoms with Gasteiger partial charge in [0, 0.05) is 0 Å². The third-order valence-electron chi connectivity index (χ3n) is 2.58. The van der Waals surface area contributed by atoms with E-state index in [1.165, 1.54) is 16.7 Å². The van der Waals surface area contributed by atoms with E-state index in [9.17, 15) is 0 Å². The first-order valence-corrected chi connectivity index (χ1v) is 5.79. The summed E-state index contributed by atoms with van der Waals surface area (Å²) in [7, 11) is 0. The Hall–Kier alpha value is -1.04. The van der Waals surface area contributed by atoms with Crippen molar-refractivity contribution in [2.75, 3.05) is 0 Å². The lowest BCUT2D eigenvalue weighted by atomic mass is 9.94. The summed E-state index contributed by atoms with van der Waals surface area (Å²) in [5, 5.41) is 0. The second-order valence-corrected chi connectivity index (χ2v) is 4.96. The van der Waals surface area contributed by atoms with Gasteiger partial charge in [0.25, 0.3) is 0 Å². The van der Waals surface area contributed by atoms with Gasteiger partial charge in [0.15, 0.2) is 0 Å². The van der Waals surface area contributed by atoms with Crippen LogP contribution >= 0.6 is 0 Å². The van der Waals surface area contributed by atoms with Gasteiger partial charge in [-0.05, 0) is 34.9 Å². The minimum atomic E-state index is 0.593. The van der Waals surface area contributed by atoms with Gasteiger partial charge in [-0.15, -0.1) is 0 Å². The molecule has 0 amide bonds. The highest BCUT2D eigenvalue weighted by atomic mass is 14.1. The maximum Gasteiger partial charge on any atom is -0.0219 e. The number of hydrogen-bond acceptors (Lipinski definition) is 0. The van der Waals surface area contributed by atoms with Crippen molar-refractivity contribution >= 4 is 6.08 Å². The topological polar surface area (TPSA) is 0 Å². The van der Waals surface area contributed by atoms with Crippen molar-refractivity contribution in [3.05, 3.63) is 41.5 Å². The van der Waals surface area contributed by atoms with E-state index in [1.807, 2.05) is 6.08 Å². The normalized spacial score (nSPS) is 11.1. The number of benzene rings is 1. The molecular formula is C15H22. The molecule has 0 fully saturated rings. The fourth-order valence-electron chi connectivity index (χ4n) is 1.79. The van der Waals surface area contributed by atoms with Gasteiger partial charge >= 0.3 is 0 Å². The predicted octanol–water partition coefficient (Wildman–Crippen LogP) is 4.65. The molecule has 0 heterocycles. The Balaban J connectivity index is 3.05. The minimum Gasteiger partial charge on any atom is -0.0985 e. The lowest BCUT2D eigenvalue weighted by molar-refractivity contribution is 0.646. The summed E-state index contributed by atoms with van der Waals surface area (Å²) in [6.07, 6.45) is 3.09. The molecule has 0 bridgehead atoms. The second kappa shape index (κ2) is 5.16. The zero-order chi connectivity index (χ0) is 11.4. The summed E-state index contributed by atoms with van der Waals surface area (Å²) in [5.41, 5.74) is 4.10. The van der Waals surface area contributed by atoms with E-state index >= 15 is 0 Å². The first kappa shape index (κ1) is 12.0. The summed E-state index contributed by atoms with van der Waals surface area (Å²) < 4.78 is 0. The minimum absolute atomic E-state index is 0.593. The Morgan fingerprint density at radius 3 is 2.27 bits per heavy atom. The maximum absolute atomic E-state index is 3.85. The van der Waals surface area contributed by atoms with Crippen molar-refractivity contribution in [3.63, 3.8) is 0 Å². The molecule has 0 saturated heterocycles. The molecule has 1 rings (SSSR count). The van der Waals surface area contributed by atoms with E-state index in [0.717, 1.165) is 6.42 Å². The van der Waals surface area contributed by atoms with E-state index < -0.39 is 0 Å². The molecule has 82 valence electrons. The third-order valence-corrected chi connectivity index (χ3v) is 2.58. The van der Waals surface area contributed by atoms with Crippen molar-refractivity contribution in [2.24, 2.45) is 5.92 Å². The van der Waals surface area contributed by atoms with Gasteiger partial charge in [-0.2, -0.15) is 0 Å². The van der Waals surface area contributed by atoms with E-state index in [-0.39, 0.29) is 0 Å². The maximum atomic E-state index is 3.85. The van der Waals surface area contributed by atoms with Gasteiger partial charge in [0.2, 0.25) is 0 Å². The monoisotopic (exact) mass is 202 g/mol. The smallest absolute Gasteiger partial charge is 0.0219 e. The van der Waals surface area contributed by atoms with Crippen LogP contribution in [0.5, 0.6) is 0 Å². The zero-order valence-electron chi connectivity index (χ0n) is 10.4. The van der Waals surface area contributed by atoms with Gasteiger partial charge in [-0.25, -0.2) is 0 Å². The first-order chi connectivity index (χ1) is 7.02. The second-order valence-electron chi connectivity index (χ2n) is 4.96. The molecule has 0 N–H and O–H groups in total. The van der Waals surface area contributed by atoms with Crippen LogP contribution in [0.3, 0.4) is 0 Å². The third kappa shape index (κ3) is 3.54. The molecule has 0 radical (unpaired) electrons. The lowest BCUT2D eigenvalue weighted by Crippen LogP contribution is -1.97. The highest BCUT2D eigenvalue weighted by Crippen LogP contribution is 2.21. The molecule has 0 unspecified atom stereocenters. The molecule has 0 aliphatic heterocycles. The van der Waals surface area contributed by atoms with E-state index in [4.69, 9.17) is 0 Å². The Morgan fingerprint density at radius 2 is 1.80 bits per heavy atom. The summed E-state index contributed by atoms with van der Waals surface area (Å²) >= 11 is 0. The molecule has 0 heteroatoms. The first-order valence-electron chi connectivity index (χ1n) is 5.79. The van der Waals surface area contributed by atoms with Crippen LogP contribution < -0.4 is 0 Å². The standard InChI is InChI=1S/C15H22/c1-6-13-8-14(7-11(2)3)10-15(9-13)12(4)5/h6,8-12H,1,7H2,2-5H3. The summed E-state index contributed by atoms with van der Waals surface area (Å²) in [5.74, 6) is 1.31. The number of hydrogen-bond donors (Lipinski definition) is 0. The molecule has 15 heavy (non-hydrogen) atoms. The van der Waals surface area contributed by atoms with Crippen LogP contribution in [0.25, 0.3) is 6.08 Å². The Kier molecular flexibility index (Phi) is 4.14. The van der Waals surface area contributed by atoms with E-state index in [0.29, 0.717) is 11.8 Å². The summed E-state index contributed by atoms with van der Waals surface area (Å²) in [6.45, 7) is 12.8. The quantitative estimate of drug-likeness (QED) is 0.666. The average molecular weight is 202 g/mol. The molecule has 0 spiro atoms. The molecule has 0 nitrogen and oxygen atoms in total. The van der Waals surface area contributed by atoms with Crippen LogP contribution in [0.1, 0.15) is 50.3 Å². The van der Waals surface area contributed by atoms with Crippen LogP contribution in [0.15, 0.2) is 24.8 Å². The van der Waals surface area contributed by atoms with Crippen LogP contribution in [0.4, 0.5) is 0 Å². The molecule has 0 aromatic heterocycles. The van der Waals surface area contributed by atoms with Crippen molar-refractivity contribution in [2.45, 2.75) is 40.0 Å². The van der Waals surface area contributed by atoms with Gasteiger partial charge in [-0.3, -0.25) is 0 Å². The summed E-state index contributed by atoms with van der Waals surface area (Å²) in [6, 6.07) is 6.82. The van der Waals surface area contributed by atoms with Crippen LogP contribution in [-0.2, 0) is 6.42 Å². The average Bonchev–Trinajstić information content (AvgIpc) is 2.16. The van der Waals surface area contributed by atoms with Gasteiger partial charge < -0.3 is 0 Å². The Labute approximate surface area is 94.0 Å². The molecule has 0 saturated carbocycles. The lowest BCUT2D eigenvalue weighted by Gasteiger charge is -2.12. The van der Waals surface area contributed by atoms with Crippen LogP contribution in [0, 0.1) is 5.92 Å². The highest BCUT2D eigenvalue weighted by Gasteiger charge is 2.04. The molecular weight excluding hydrogens is 180 g/mol. The van der Waals surface area contributed by atoms with Crippen molar-refractivity contribution in [1.29, 1.82) is 0 Å². The van der Waals surface area contributed by atoms with E-state index in [2.05, 4.69) is 52.5 Å². The molecule has 0 aliphatic rings. The van der Waals surface area contributed by atoms with Crippen LogP contribution in [0.2, 0.25) is 0 Å². The van der Waals surface area contributed by atoms with E-state index in [1.54, 1.807) is 0 Å². The zero-order valence-corrected chi connectivity index (χ0v) is 10.4. The van der Waals surface area contributed by atoms with Crippen LogP contribution in [-0.4, -0.2) is 0 Å².